The van der Waals surface area contributed by atoms with E-state index < -0.39 is 0 Å². The summed E-state index contributed by atoms with van der Waals surface area (Å²) in [5.74, 6) is 0.210. The predicted molar refractivity (Wildman–Crippen MR) is 58.6 cm³/mol. The van der Waals surface area contributed by atoms with Crippen molar-refractivity contribution in [3.63, 3.8) is 0 Å². The Labute approximate surface area is 86.9 Å². The molecule has 0 saturated carbocycles. The molecule has 0 atom stereocenters. The molecule has 1 aromatic carbocycles. The van der Waals surface area contributed by atoms with Gasteiger partial charge in [0.1, 0.15) is 0 Å². The Balaban J connectivity index is 2.58. The van der Waals surface area contributed by atoms with E-state index in [0.29, 0.717) is 6.54 Å². The largest absolute Gasteiger partial charge is 0.369 e. The zero-order valence-electron chi connectivity index (χ0n) is 8.40. The fourth-order valence-corrected chi connectivity index (χ4v) is 1.49. The van der Waals surface area contributed by atoms with E-state index in [9.17, 15) is 4.79 Å². The first-order chi connectivity index (χ1) is 7.24. The summed E-state index contributed by atoms with van der Waals surface area (Å²) in [6.45, 7) is 2.41. The minimum Gasteiger partial charge on any atom is -0.369 e. The molecule has 1 aromatic heterocycles. The lowest BCUT2D eigenvalue weighted by molar-refractivity contribution is 0.244. The first kappa shape index (κ1) is 9.51. The highest BCUT2D eigenvalue weighted by Crippen LogP contribution is 2.16. The molecule has 0 spiro atoms. The maximum Gasteiger partial charge on any atom is 0.328 e. The lowest BCUT2D eigenvalue weighted by Gasteiger charge is -2.04. The molecule has 1 amide bonds. The number of imidazole rings is 1. The van der Waals surface area contributed by atoms with Gasteiger partial charge in [-0.3, -0.25) is 0 Å². The van der Waals surface area contributed by atoms with Gasteiger partial charge in [0.25, 0.3) is 0 Å². The Morgan fingerprint density at radius 3 is 3.00 bits per heavy atom. The summed E-state index contributed by atoms with van der Waals surface area (Å²) in [5, 5.41) is 2.68. The summed E-state index contributed by atoms with van der Waals surface area (Å²) in [5.41, 5.74) is 7.12. The van der Waals surface area contributed by atoms with Gasteiger partial charge in [-0.2, -0.15) is 0 Å². The number of nitrogens with two attached hydrogens (primary N) is 1. The van der Waals surface area contributed by atoms with Gasteiger partial charge >= 0.3 is 6.03 Å². The van der Waals surface area contributed by atoms with Crippen molar-refractivity contribution in [2.24, 2.45) is 0 Å². The topological polar surface area (TPSA) is 72.9 Å². The number of hydrogen-bond donors (Lipinski definition) is 2. The Bertz CT molecular complexity index is 503. The minimum absolute atomic E-state index is 0.210. The number of anilines is 1. The number of rotatable bonds is 1. The number of benzene rings is 1. The molecule has 3 N–H and O–H groups in total. The van der Waals surface area contributed by atoms with Gasteiger partial charge in [0.05, 0.1) is 11.0 Å². The van der Waals surface area contributed by atoms with Crippen LogP contribution in [0.15, 0.2) is 24.3 Å². The molecule has 2 aromatic rings. The van der Waals surface area contributed by atoms with E-state index >= 15 is 0 Å². The zero-order chi connectivity index (χ0) is 10.8. The second-order valence-corrected chi connectivity index (χ2v) is 3.13. The van der Waals surface area contributed by atoms with Gasteiger partial charge in [-0.25, -0.2) is 14.3 Å². The number of hydrogen-bond acceptors (Lipinski definition) is 3. The maximum atomic E-state index is 11.7. The summed E-state index contributed by atoms with van der Waals surface area (Å²) in [6.07, 6.45) is 0. The molecule has 78 valence electrons. The Hall–Kier alpha value is -2.04. The van der Waals surface area contributed by atoms with Gasteiger partial charge in [-0.05, 0) is 19.1 Å². The van der Waals surface area contributed by atoms with Gasteiger partial charge in [-0.1, -0.05) is 12.1 Å². The fraction of sp³-hybridized carbons (Fsp3) is 0.200. The molecule has 0 saturated heterocycles. The molecule has 5 heteroatoms. The van der Waals surface area contributed by atoms with Gasteiger partial charge in [-0.15, -0.1) is 0 Å². The number of carbonyl (C=O) groups excluding carboxylic acids is 1. The number of nitrogens with one attached hydrogen (secondary N) is 1. The number of fused-ring (bicyclic) bond motifs is 1. The second-order valence-electron chi connectivity index (χ2n) is 3.13. The predicted octanol–water partition coefficient (Wildman–Crippen LogP) is 1.20. The van der Waals surface area contributed by atoms with Crippen LogP contribution in [-0.2, 0) is 0 Å². The Morgan fingerprint density at radius 2 is 2.27 bits per heavy atom. The smallest absolute Gasteiger partial charge is 0.328 e. The van der Waals surface area contributed by atoms with Gasteiger partial charge in [0.2, 0.25) is 5.95 Å². The first-order valence-electron chi connectivity index (χ1n) is 4.75. The molecule has 0 fully saturated rings. The summed E-state index contributed by atoms with van der Waals surface area (Å²) >= 11 is 0. The van der Waals surface area contributed by atoms with Crippen LogP contribution < -0.4 is 11.1 Å². The molecule has 0 unspecified atom stereocenters. The molecule has 0 aliphatic carbocycles. The maximum absolute atomic E-state index is 11.7. The Kier molecular flexibility index (Phi) is 2.29. The average molecular weight is 204 g/mol. The highest BCUT2D eigenvalue weighted by Gasteiger charge is 2.12. The van der Waals surface area contributed by atoms with E-state index in [1.54, 1.807) is 0 Å². The van der Waals surface area contributed by atoms with E-state index in [-0.39, 0.29) is 12.0 Å². The van der Waals surface area contributed by atoms with E-state index in [1.807, 2.05) is 31.2 Å². The summed E-state index contributed by atoms with van der Waals surface area (Å²) in [7, 11) is 0. The zero-order valence-corrected chi connectivity index (χ0v) is 8.40. The standard InChI is InChI=1S/C10H12N4O/c1-2-12-10(15)14-8-6-4-3-5-7(8)13-9(14)11/h3-6H,2H2,1H3,(H2,11,13)(H,12,15). The SMILES string of the molecule is CCNC(=O)n1c(N)nc2ccccc21. The summed E-state index contributed by atoms with van der Waals surface area (Å²) < 4.78 is 1.37. The van der Waals surface area contributed by atoms with Crippen LogP contribution >= 0.6 is 0 Å². The van der Waals surface area contributed by atoms with E-state index in [4.69, 9.17) is 5.73 Å². The van der Waals surface area contributed by atoms with E-state index in [1.165, 1.54) is 4.57 Å². The number of nitrogens with zero attached hydrogens (tertiary/aromatic N) is 2. The molecule has 5 nitrogen and oxygen atoms in total. The number of amides is 1. The first-order valence-corrected chi connectivity index (χ1v) is 4.75. The molecule has 0 bridgehead atoms. The number of para-hydroxylation sites is 2. The van der Waals surface area contributed by atoms with Crippen LogP contribution in [0.25, 0.3) is 11.0 Å². The molecule has 0 aliphatic heterocycles. The second kappa shape index (κ2) is 3.61. The third-order valence-corrected chi connectivity index (χ3v) is 2.12. The highest BCUT2D eigenvalue weighted by molar-refractivity contribution is 5.92. The van der Waals surface area contributed by atoms with Crippen LogP contribution in [0.4, 0.5) is 10.7 Å². The third-order valence-electron chi connectivity index (χ3n) is 2.12. The molecular formula is C10H12N4O. The monoisotopic (exact) mass is 204 g/mol. The molecule has 1 heterocycles. The van der Waals surface area contributed by atoms with Crippen molar-refractivity contribution in [2.45, 2.75) is 6.92 Å². The normalized spacial score (nSPS) is 10.5. The van der Waals surface area contributed by atoms with Crippen molar-refractivity contribution in [1.29, 1.82) is 0 Å². The summed E-state index contributed by atoms with van der Waals surface area (Å²) in [4.78, 5) is 15.8. The average Bonchev–Trinajstić information content (AvgIpc) is 2.54. The quantitative estimate of drug-likeness (QED) is 0.733. The lowest BCUT2D eigenvalue weighted by atomic mass is 10.3. The molecule has 2 rings (SSSR count). The van der Waals surface area contributed by atoms with Crippen LogP contribution in [0.3, 0.4) is 0 Å². The number of carbonyl (C=O) groups is 1. The van der Waals surface area contributed by atoms with E-state index in [0.717, 1.165) is 11.0 Å². The van der Waals surface area contributed by atoms with Crippen molar-refractivity contribution in [2.75, 3.05) is 12.3 Å². The fourth-order valence-electron chi connectivity index (χ4n) is 1.49. The number of aromatic nitrogens is 2. The molecular weight excluding hydrogens is 192 g/mol. The number of nitrogen functional groups attached to an aromatic ring is 1. The third kappa shape index (κ3) is 1.52. The van der Waals surface area contributed by atoms with Crippen molar-refractivity contribution in [3.05, 3.63) is 24.3 Å². The van der Waals surface area contributed by atoms with Crippen molar-refractivity contribution in [1.82, 2.24) is 14.9 Å². The van der Waals surface area contributed by atoms with Crippen molar-refractivity contribution < 1.29 is 4.79 Å². The molecule has 0 aliphatic rings. The van der Waals surface area contributed by atoms with Gasteiger partial charge in [0.15, 0.2) is 0 Å². The van der Waals surface area contributed by atoms with Crippen LogP contribution in [-0.4, -0.2) is 22.1 Å². The van der Waals surface area contributed by atoms with Crippen LogP contribution in [0.2, 0.25) is 0 Å². The Morgan fingerprint density at radius 1 is 1.53 bits per heavy atom. The lowest BCUT2D eigenvalue weighted by Crippen LogP contribution is -2.28. The van der Waals surface area contributed by atoms with Crippen molar-refractivity contribution >= 4 is 23.0 Å². The van der Waals surface area contributed by atoms with Crippen LogP contribution in [0.5, 0.6) is 0 Å². The summed E-state index contributed by atoms with van der Waals surface area (Å²) in [6, 6.07) is 7.09. The van der Waals surface area contributed by atoms with Crippen molar-refractivity contribution in [3.8, 4) is 0 Å². The minimum atomic E-state index is -0.247. The molecule has 0 radical (unpaired) electrons. The molecule has 15 heavy (non-hydrogen) atoms. The van der Waals surface area contributed by atoms with Gasteiger partial charge < -0.3 is 11.1 Å². The van der Waals surface area contributed by atoms with Gasteiger partial charge in [0, 0.05) is 6.54 Å². The highest BCUT2D eigenvalue weighted by atomic mass is 16.2. The van der Waals surface area contributed by atoms with Crippen LogP contribution in [0, 0.1) is 0 Å². The van der Waals surface area contributed by atoms with E-state index in [2.05, 4.69) is 10.3 Å². The van der Waals surface area contributed by atoms with Crippen LogP contribution in [0.1, 0.15) is 6.92 Å².